The molecule has 0 bridgehead atoms. The van der Waals surface area contributed by atoms with Gasteiger partial charge in [0.1, 0.15) is 17.4 Å². The number of amides is 2. The molecule has 2 amide bonds. The molecule has 0 aliphatic carbocycles. The molecule has 3 unspecified atom stereocenters. The van der Waals surface area contributed by atoms with Crippen molar-refractivity contribution in [2.45, 2.75) is 31.9 Å². The van der Waals surface area contributed by atoms with Crippen molar-refractivity contribution in [1.29, 1.82) is 0 Å². The average Bonchev–Trinajstić information content (AvgIpc) is 3.37. The molecule has 0 radical (unpaired) electrons. The normalized spacial score (nSPS) is 21.7. The second-order valence-corrected chi connectivity index (χ2v) is 8.46. The largest absolute Gasteiger partial charge is 0.508 e. The van der Waals surface area contributed by atoms with Gasteiger partial charge in [0.25, 0.3) is 5.91 Å². The first-order valence-corrected chi connectivity index (χ1v) is 11.5. The summed E-state index contributed by atoms with van der Waals surface area (Å²) < 4.78 is 5.70. The first-order chi connectivity index (χ1) is 16.6. The van der Waals surface area contributed by atoms with E-state index in [1.54, 1.807) is 53.6 Å². The van der Waals surface area contributed by atoms with Gasteiger partial charge < -0.3 is 9.84 Å². The van der Waals surface area contributed by atoms with Crippen molar-refractivity contribution >= 4 is 23.2 Å². The van der Waals surface area contributed by atoms with Crippen molar-refractivity contribution in [3.63, 3.8) is 0 Å². The van der Waals surface area contributed by atoms with Crippen LogP contribution in [0.25, 0.3) is 0 Å². The Morgan fingerprint density at radius 1 is 0.882 bits per heavy atom. The Labute approximate surface area is 198 Å². The van der Waals surface area contributed by atoms with Gasteiger partial charge in [0, 0.05) is 0 Å². The molecule has 2 heterocycles. The van der Waals surface area contributed by atoms with E-state index in [-0.39, 0.29) is 11.7 Å². The third-order valence-corrected chi connectivity index (χ3v) is 6.22. The van der Waals surface area contributed by atoms with Crippen LogP contribution < -0.4 is 14.7 Å². The number of ether oxygens (including phenoxy) is 1. The maximum atomic E-state index is 13.6. The first-order valence-electron chi connectivity index (χ1n) is 11.5. The highest BCUT2D eigenvalue weighted by molar-refractivity contribution is 6.23. The topological polar surface area (TPSA) is 79.3 Å². The fourth-order valence-electron chi connectivity index (χ4n) is 4.50. The predicted octanol–water partition coefficient (Wildman–Crippen LogP) is 4.62. The van der Waals surface area contributed by atoms with E-state index < -0.39 is 24.0 Å². The number of fused-ring (bicyclic) bond motifs is 1. The minimum absolute atomic E-state index is 0.127. The van der Waals surface area contributed by atoms with Crippen LogP contribution in [0.3, 0.4) is 0 Å². The van der Waals surface area contributed by atoms with Crippen LogP contribution >= 0.6 is 0 Å². The summed E-state index contributed by atoms with van der Waals surface area (Å²) in [7, 11) is 0. The molecule has 3 atom stereocenters. The van der Waals surface area contributed by atoms with Crippen molar-refractivity contribution in [3.8, 4) is 11.5 Å². The molecular formula is C27H26N2O5. The molecule has 5 rings (SSSR count). The van der Waals surface area contributed by atoms with Gasteiger partial charge in [-0.1, -0.05) is 43.7 Å². The van der Waals surface area contributed by atoms with E-state index in [0.29, 0.717) is 18.0 Å². The molecule has 0 saturated carbocycles. The van der Waals surface area contributed by atoms with Crippen molar-refractivity contribution in [1.82, 2.24) is 0 Å². The number of imide groups is 1. The van der Waals surface area contributed by atoms with Crippen molar-refractivity contribution in [2.75, 3.05) is 16.6 Å². The van der Waals surface area contributed by atoms with Crippen LogP contribution in [0.1, 0.15) is 31.4 Å². The molecule has 2 aliphatic rings. The summed E-state index contributed by atoms with van der Waals surface area (Å²) in [6.45, 7) is 2.72. The number of unbranched alkanes of at least 4 members (excludes halogenated alkanes) is 1. The maximum Gasteiger partial charge on any atom is 0.266 e. The number of anilines is 2. The molecule has 0 spiro atoms. The summed E-state index contributed by atoms with van der Waals surface area (Å²) in [4.78, 5) is 34.4. The van der Waals surface area contributed by atoms with E-state index in [0.717, 1.165) is 24.1 Å². The number of rotatable bonds is 7. The predicted molar refractivity (Wildman–Crippen MR) is 127 cm³/mol. The van der Waals surface area contributed by atoms with Crippen LogP contribution in [-0.2, 0) is 14.4 Å². The summed E-state index contributed by atoms with van der Waals surface area (Å²) in [5.74, 6) is -0.604. The second-order valence-electron chi connectivity index (χ2n) is 8.46. The number of phenols is 1. The van der Waals surface area contributed by atoms with Gasteiger partial charge in [-0.15, -0.1) is 0 Å². The molecule has 34 heavy (non-hydrogen) atoms. The molecule has 174 valence electrons. The highest BCUT2D eigenvalue weighted by Gasteiger charge is 2.60. The number of para-hydroxylation sites is 1. The molecule has 1 N–H and O–H groups in total. The quantitative estimate of drug-likeness (QED) is 0.411. The van der Waals surface area contributed by atoms with E-state index in [1.165, 1.54) is 4.90 Å². The van der Waals surface area contributed by atoms with Crippen LogP contribution in [0, 0.1) is 5.92 Å². The summed E-state index contributed by atoms with van der Waals surface area (Å²) in [5.41, 5.74) is 2.01. The molecule has 3 aromatic carbocycles. The lowest BCUT2D eigenvalue weighted by Gasteiger charge is -2.28. The van der Waals surface area contributed by atoms with Crippen molar-refractivity contribution in [3.05, 3.63) is 84.4 Å². The smallest absolute Gasteiger partial charge is 0.266 e. The molecule has 0 aromatic heterocycles. The summed E-state index contributed by atoms with van der Waals surface area (Å²) in [6, 6.07) is 22.5. The Balaban J connectivity index is 1.46. The number of benzene rings is 3. The van der Waals surface area contributed by atoms with Crippen LogP contribution in [-0.4, -0.2) is 29.6 Å². The number of hydrogen-bond donors (Lipinski definition) is 1. The fourth-order valence-corrected chi connectivity index (χ4v) is 4.50. The highest BCUT2D eigenvalue weighted by Crippen LogP contribution is 2.47. The Bertz CT molecular complexity index is 1160. The number of hydroxylamine groups is 1. The van der Waals surface area contributed by atoms with Gasteiger partial charge in [-0.25, -0.2) is 9.96 Å². The zero-order chi connectivity index (χ0) is 23.7. The van der Waals surface area contributed by atoms with E-state index in [2.05, 4.69) is 6.92 Å². The van der Waals surface area contributed by atoms with Crippen molar-refractivity contribution < 1.29 is 24.3 Å². The molecule has 2 fully saturated rings. The van der Waals surface area contributed by atoms with Crippen LogP contribution in [0.15, 0.2) is 78.9 Å². The Morgan fingerprint density at radius 3 is 2.26 bits per heavy atom. The lowest BCUT2D eigenvalue weighted by molar-refractivity contribution is -0.126. The van der Waals surface area contributed by atoms with Crippen LogP contribution in [0.2, 0.25) is 0 Å². The third-order valence-electron chi connectivity index (χ3n) is 6.22. The number of aromatic hydroxyl groups is 1. The maximum absolute atomic E-state index is 13.6. The van der Waals surface area contributed by atoms with E-state index in [4.69, 9.17) is 9.57 Å². The van der Waals surface area contributed by atoms with E-state index in [9.17, 15) is 14.7 Å². The zero-order valence-electron chi connectivity index (χ0n) is 18.8. The summed E-state index contributed by atoms with van der Waals surface area (Å²) in [5, 5.41) is 11.4. The number of carbonyl (C=O) groups excluding carboxylic acids is 2. The monoisotopic (exact) mass is 458 g/mol. The Kier molecular flexibility index (Phi) is 5.94. The number of carbonyl (C=O) groups is 2. The standard InChI is InChI=1S/C27H26N2O5/c1-2-3-17-33-22-15-11-19(12-16-22)28-26(31)23-24(18-9-13-21(30)14-10-18)29(34-25(23)27(28)32)20-7-5-4-6-8-20/h4-16,23-25,30H,2-3,17H2,1H3. The number of hydrogen-bond acceptors (Lipinski definition) is 6. The highest BCUT2D eigenvalue weighted by atomic mass is 16.7. The molecule has 2 aliphatic heterocycles. The van der Waals surface area contributed by atoms with Crippen LogP contribution in [0.4, 0.5) is 11.4 Å². The average molecular weight is 459 g/mol. The minimum atomic E-state index is -0.938. The minimum Gasteiger partial charge on any atom is -0.508 e. The van der Waals surface area contributed by atoms with E-state index in [1.807, 2.05) is 30.3 Å². The van der Waals surface area contributed by atoms with Crippen LogP contribution in [0.5, 0.6) is 11.5 Å². The van der Waals surface area contributed by atoms with Gasteiger partial charge in [0.2, 0.25) is 5.91 Å². The molecular weight excluding hydrogens is 432 g/mol. The molecule has 3 aromatic rings. The number of nitrogens with zero attached hydrogens (tertiary/aromatic N) is 2. The first kappa shape index (κ1) is 22.0. The van der Waals surface area contributed by atoms with Crippen molar-refractivity contribution in [2.24, 2.45) is 5.92 Å². The second kappa shape index (κ2) is 9.19. The zero-order valence-corrected chi connectivity index (χ0v) is 18.8. The summed E-state index contributed by atoms with van der Waals surface area (Å²) in [6.07, 6.45) is 1.06. The molecule has 7 heteroatoms. The van der Waals surface area contributed by atoms with Gasteiger partial charge >= 0.3 is 0 Å². The van der Waals surface area contributed by atoms with E-state index >= 15 is 0 Å². The van der Waals surface area contributed by atoms with Gasteiger partial charge in [-0.2, -0.15) is 0 Å². The third kappa shape index (κ3) is 3.88. The van der Waals surface area contributed by atoms with Gasteiger partial charge in [-0.05, 0) is 60.5 Å². The lowest BCUT2D eigenvalue weighted by atomic mass is 9.90. The van der Waals surface area contributed by atoms with Gasteiger partial charge in [0.05, 0.1) is 24.0 Å². The Morgan fingerprint density at radius 2 is 1.59 bits per heavy atom. The fraction of sp³-hybridized carbons (Fsp3) is 0.259. The molecule has 7 nitrogen and oxygen atoms in total. The van der Waals surface area contributed by atoms with Gasteiger partial charge in [-0.3, -0.25) is 14.4 Å². The van der Waals surface area contributed by atoms with Gasteiger partial charge in [0.15, 0.2) is 6.10 Å². The number of phenolic OH excluding ortho intramolecular Hbond substituents is 1. The lowest BCUT2D eigenvalue weighted by Crippen LogP contribution is -2.37. The summed E-state index contributed by atoms with van der Waals surface area (Å²) >= 11 is 0. The Hall–Kier alpha value is -3.84. The molecule has 2 saturated heterocycles. The SMILES string of the molecule is CCCCOc1ccc(N2C(=O)C3ON(c4ccccc4)C(c4ccc(O)cc4)C3C2=O)cc1.